The van der Waals surface area contributed by atoms with Gasteiger partial charge in [-0.25, -0.2) is 0 Å². The minimum Gasteiger partial charge on any atom is -0.497 e. The summed E-state index contributed by atoms with van der Waals surface area (Å²) >= 11 is 2.85. The Labute approximate surface area is 149 Å². The smallest absolute Gasteiger partial charge is 0.230 e. The molecule has 3 rings (SSSR count). The van der Waals surface area contributed by atoms with Crippen molar-refractivity contribution in [2.45, 2.75) is 30.1 Å². The molecule has 0 radical (unpaired) electrons. The predicted octanol–water partition coefficient (Wildman–Crippen LogP) is 3.30. The minimum atomic E-state index is 0.0549. The molecule has 24 heavy (non-hydrogen) atoms. The van der Waals surface area contributed by atoms with Crippen LogP contribution in [0.2, 0.25) is 0 Å². The fourth-order valence-electron chi connectivity index (χ4n) is 2.25. The van der Waals surface area contributed by atoms with E-state index in [1.807, 2.05) is 24.3 Å². The van der Waals surface area contributed by atoms with E-state index in [0.29, 0.717) is 16.8 Å². The van der Waals surface area contributed by atoms with E-state index < -0.39 is 0 Å². The highest BCUT2D eigenvalue weighted by molar-refractivity contribution is 8.01. The van der Waals surface area contributed by atoms with E-state index >= 15 is 0 Å². The van der Waals surface area contributed by atoms with E-state index in [1.165, 1.54) is 35.9 Å². The molecule has 0 saturated heterocycles. The van der Waals surface area contributed by atoms with Crippen LogP contribution in [-0.4, -0.2) is 35.0 Å². The fourth-order valence-corrected chi connectivity index (χ4v) is 3.84. The highest BCUT2D eigenvalue weighted by Gasteiger charge is 2.28. The number of anilines is 2. The van der Waals surface area contributed by atoms with Crippen molar-refractivity contribution in [3.05, 3.63) is 24.3 Å². The van der Waals surface area contributed by atoms with Gasteiger partial charge in [-0.3, -0.25) is 4.79 Å². The van der Waals surface area contributed by atoms with Crippen LogP contribution in [0.1, 0.15) is 19.8 Å². The number of rotatable bonds is 8. The number of benzene rings is 1. The Morgan fingerprint density at radius 3 is 2.79 bits per heavy atom. The SMILES string of the molecule is COc1ccc(Nc2nnc(SCC(=O)N[C@@H](C)C3CC3)s2)cc1. The zero-order valence-corrected chi connectivity index (χ0v) is 15.2. The molecular formula is C16H20N4O2S2. The number of aromatic nitrogens is 2. The summed E-state index contributed by atoms with van der Waals surface area (Å²) in [6.45, 7) is 2.07. The molecule has 0 aliphatic heterocycles. The number of thioether (sulfide) groups is 1. The van der Waals surface area contributed by atoms with E-state index in [9.17, 15) is 4.79 Å². The van der Waals surface area contributed by atoms with Crippen molar-refractivity contribution in [2.75, 3.05) is 18.2 Å². The van der Waals surface area contributed by atoms with Gasteiger partial charge in [0.15, 0.2) is 4.34 Å². The number of carbonyl (C=O) groups is 1. The third kappa shape index (κ3) is 4.85. The van der Waals surface area contributed by atoms with E-state index in [4.69, 9.17) is 4.74 Å². The molecular weight excluding hydrogens is 344 g/mol. The van der Waals surface area contributed by atoms with Crippen molar-refractivity contribution in [3.63, 3.8) is 0 Å². The molecule has 8 heteroatoms. The van der Waals surface area contributed by atoms with Crippen LogP contribution in [-0.2, 0) is 4.79 Å². The van der Waals surface area contributed by atoms with Crippen molar-refractivity contribution >= 4 is 39.8 Å². The molecule has 0 bridgehead atoms. The zero-order valence-electron chi connectivity index (χ0n) is 13.6. The molecule has 1 fully saturated rings. The minimum absolute atomic E-state index is 0.0549. The van der Waals surface area contributed by atoms with E-state index in [2.05, 4.69) is 27.8 Å². The average molecular weight is 364 g/mol. The largest absolute Gasteiger partial charge is 0.497 e. The Hall–Kier alpha value is -1.80. The van der Waals surface area contributed by atoms with E-state index in [1.54, 1.807) is 7.11 Å². The van der Waals surface area contributed by atoms with Gasteiger partial charge in [-0.1, -0.05) is 23.1 Å². The number of amides is 1. The topological polar surface area (TPSA) is 76.1 Å². The van der Waals surface area contributed by atoms with E-state index in [-0.39, 0.29) is 11.9 Å². The number of carbonyl (C=O) groups excluding carboxylic acids is 1. The number of nitrogens with one attached hydrogen (secondary N) is 2. The Morgan fingerprint density at radius 2 is 2.12 bits per heavy atom. The lowest BCUT2D eigenvalue weighted by atomic mass is 10.2. The van der Waals surface area contributed by atoms with Crippen LogP contribution in [0.25, 0.3) is 0 Å². The Kier molecular flexibility index (Phi) is 5.57. The normalized spacial score (nSPS) is 14.9. The summed E-state index contributed by atoms with van der Waals surface area (Å²) in [6, 6.07) is 7.87. The quantitative estimate of drug-likeness (QED) is 0.700. The van der Waals surface area contributed by atoms with Gasteiger partial charge in [0.2, 0.25) is 11.0 Å². The summed E-state index contributed by atoms with van der Waals surface area (Å²) in [6.07, 6.45) is 2.46. The van der Waals surface area contributed by atoms with Crippen molar-refractivity contribution < 1.29 is 9.53 Å². The Balaban J connectivity index is 1.46. The summed E-state index contributed by atoms with van der Waals surface area (Å²) in [5, 5.41) is 15.1. The third-order valence-corrected chi connectivity index (χ3v) is 5.76. The number of hydrogen-bond donors (Lipinski definition) is 2. The van der Waals surface area contributed by atoms with Gasteiger partial charge in [-0.2, -0.15) is 0 Å². The van der Waals surface area contributed by atoms with Gasteiger partial charge in [0.1, 0.15) is 5.75 Å². The molecule has 2 N–H and O–H groups in total. The maximum absolute atomic E-state index is 11.9. The van der Waals surface area contributed by atoms with Crippen LogP contribution < -0.4 is 15.4 Å². The average Bonchev–Trinajstić information content (AvgIpc) is 3.35. The van der Waals surface area contributed by atoms with Gasteiger partial charge in [0, 0.05) is 11.7 Å². The van der Waals surface area contributed by atoms with Gasteiger partial charge < -0.3 is 15.4 Å². The number of methoxy groups -OCH3 is 1. The maximum atomic E-state index is 11.9. The first-order chi connectivity index (χ1) is 11.6. The molecule has 1 aromatic heterocycles. The second-order valence-electron chi connectivity index (χ2n) is 5.71. The summed E-state index contributed by atoms with van der Waals surface area (Å²) < 4.78 is 5.91. The first-order valence-corrected chi connectivity index (χ1v) is 9.61. The molecule has 1 aromatic carbocycles. The van der Waals surface area contributed by atoms with E-state index in [0.717, 1.165) is 15.8 Å². The summed E-state index contributed by atoms with van der Waals surface area (Å²) in [5.74, 6) is 1.90. The van der Waals surface area contributed by atoms with Gasteiger partial charge in [-0.05, 0) is 49.9 Å². The molecule has 128 valence electrons. The second kappa shape index (κ2) is 7.85. The van der Waals surface area contributed by atoms with Crippen LogP contribution in [0.3, 0.4) is 0 Å². The zero-order chi connectivity index (χ0) is 16.9. The number of ether oxygens (including phenoxy) is 1. The van der Waals surface area contributed by atoms with Crippen LogP contribution in [0, 0.1) is 5.92 Å². The summed E-state index contributed by atoms with van der Waals surface area (Å²) in [7, 11) is 1.64. The van der Waals surface area contributed by atoms with Crippen molar-refractivity contribution in [2.24, 2.45) is 5.92 Å². The molecule has 1 saturated carbocycles. The second-order valence-corrected chi connectivity index (χ2v) is 7.91. The summed E-state index contributed by atoms with van der Waals surface area (Å²) in [4.78, 5) is 11.9. The molecule has 2 aromatic rings. The van der Waals surface area contributed by atoms with Gasteiger partial charge >= 0.3 is 0 Å². The lowest BCUT2D eigenvalue weighted by Gasteiger charge is -2.11. The molecule has 6 nitrogen and oxygen atoms in total. The van der Waals surface area contributed by atoms with Gasteiger partial charge in [0.05, 0.1) is 12.9 Å². The third-order valence-electron chi connectivity index (χ3n) is 3.79. The first kappa shape index (κ1) is 17.0. The number of nitrogens with zero attached hydrogens (tertiary/aromatic N) is 2. The van der Waals surface area contributed by atoms with Crippen LogP contribution in [0.4, 0.5) is 10.8 Å². The lowest BCUT2D eigenvalue weighted by molar-refractivity contribution is -0.119. The molecule has 0 unspecified atom stereocenters. The van der Waals surface area contributed by atoms with Crippen LogP contribution in [0.15, 0.2) is 28.6 Å². The highest BCUT2D eigenvalue weighted by Crippen LogP contribution is 2.32. The standard InChI is InChI=1S/C16H20N4O2S2/c1-10(11-3-4-11)17-14(21)9-23-16-20-19-15(24-16)18-12-5-7-13(22-2)8-6-12/h5-8,10-11H,3-4,9H2,1-2H3,(H,17,21)(H,18,19)/t10-/m0/s1. The fraction of sp³-hybridized carbons (Fsp3) is 0.438. The lowest BCUT2D eigenvalue weighted by Crippen LogP contribution is -2.35. The number of hydrogen-bond acceptors (Lipinski definition) is 7. The van der Waals surface area contributed by atoms with Crippen molar-refractivity contribution in [3.8, 4) is 5.75 Å². The monoisotopic (exact) mass is 364 g/mol. The molecule has 1 aliphatic carbocycles. The molecule has 0 spiro atoms. The van der Waals surface area contributed by atoms with Crippen molar-refractivity contribution in [1.82, 2.24) is 15.5 Å². The molecule has 1 aliphatic rings. The summed E-state index contributed by atoms with van der Waals surface area (Å²) in [5.41, 5.74) is 0.916. The Bertz CT molecular complexity index is 686. The Morgan fingerprint density at radius 1 is 1.38 bits per heavy atom. The maximum Gasteiger partial charge on any atom is 0.230 e. The first-order valence-electron chi connectivity index (χ1n) is 7.81. The highest BCUT2D eigenvalue weighted by atomic mass is 32.2. The molecule has 1 heterocycles. The molecule has 1 atom stereocenters. The van der Waals surface area contributed by atoms with Crippen LogP contribution >= 0.6 is 23.1 Å². The van der Waals surface area contributed by atoms with Gasteiger partial charge in [0.25, 0.3) is 0 Å². The molecule has 1 amide bonds. The predicted molar refractivity (Wildman–Crippen MR) is 97.2 cm³/mol. The van der Waals surface area contributed by atoms with Crippen LogP contribution in [0.5, 0.6) is 5.75 Å². The van der Waals surface area contributed by atoms with Crippen molar-refractivity contribution in [1.29, 1.82) is 0 Å². The van der Waals surface area contributed by atoms with Gasteiger partial charge in [-0.15, -0.1) is 10.2 Å².